The van der Waals surface area contributed by atoms with E-state index in [1.54, 1.807) is 59.0 Å². The molecule has 0 saturated carbocycles. The van der Waals surface area contributed by atoms with Crippen LogP contribution in [0.2, 0.25) is 0 Å². The van der Waals surface area contributed by atoms with Gasteiger partial charge < -0.3 is 19.0 Å². The molecular weight excluding hydrogens is 695 g/mol. The van der Waals surface area contributed by atoms with E-state index in [0.29, 0.717) is 29.0 Å². The monoisotopic (exact) mass is 728 g/mol. The van der Waals surface area contributed by atoms with Gasteiger partial charge in [0, 0.05) is 36.3 Å². The van der Waals surface area contributed by atoms with Crippen molar-refractivity contribution in [1.29, 1.82) is 0 Å². The van der Waals surface area contributed by atoms with Gasteiger partial charge in [-0.25, -0.2) is 9.59 Å². The molecular formula is C36H33F9N2O4. The van der Waals surface area contributed by atoms with Crippen LogP contribution in [0, 0.1) is 19.3 Å². The first-order valence-corrected chi connectivity index (χ1v) is 14.9. The Balaban J connectivity index is 0.000000315. The van der Waals surface area contributed by atoms with Crippen molar-refractivity contribution < 1.29 is 58.6 Å². The van der Waals surface area contributed by atoms with E-state index in [9.17, 15) is 49.1 Å². The molecule has 51 heavy (non-hydrogen) atoms. The van der Waals surface area contributed by atoms with Gasteiger partial charge in [-0.1, -0.05) is 0 Å². The first-order valence-electron chi connectivity index (χ1n) is 14.9. The van der Waals surface area contributed by atoms with Crippen molar-refractivity contribution in [2.24, 2.45) is 0 Å². The van der Waals surface area contributed by atoms with Crippen molar-refractivity contribution in [3.05, 3.63) is 101 Å². The maximum atomic E-state index is 13.0. The summed E-state index contributed by atoms with van der Waals surface area (Å²) >= 11 is 0. The third-order valence-corrected chi connectivity index (χ3v) is 6.16. The number of alkyl halides is 9. The molecule has 15 heteroatoms. The summed E-state index contributed by atoms with van der Waals surface area (Å²) in [5, 5.41) is 0. The highest BCUT2D eigenvalue weighted by molar-refractivity contribution is 5.87. The molecule has 0 spiro atoms. The minimum Gasteiger partial charge on any atom is -0.460 e. The van der Waals surface area contributed by atoms with E-state index in [0.717, 1.165) is 18.2 Å². The van der Waals surface area contributed by atoms with Crippen molar-refractivity contribution in [2.45, 2.75) is 65.4 Å². The highest BCUT2D eigenvalue weighted by atomic mass is 19.4. The van der Waals surface area contributed by atoms with Crippen molar-refractivity contribution in [3.8, 4) is 34.9 Å². The fourth-order valence-corrected chi connectivity index (χ4v) is 4.14. The normalized spacial score (nSPS) is 11.7. The van der Waals surface area contributed by atoms with Crippen molar-refractivity contribution in [1.82, 2.24) is 9.55 Å². The van der Waals surface area contributed by atoms with E-state index in [1.165, 1.54) is 29.1 Å². The maximum Gasteiger partial charge on any atom is 0.416 e. The largest absolute Gasteiger partial charge is 0.460 e. The number of nitrogens with zero attached hydrogens (tertiary/aromatic N) is 1. The molecule has 1 N–H and O–H groups in total. The average molecular weight is 729 g/mol. The van der Waals surface area contributed by atoms with Gasteiger partial charge in [0.25, 0.3) is 0 Å². The summed E-state index contributed by atoms with van der Waals surface area (Å²) in [7, 11) is 0. The number of hydrogen-bond acceptors (Lipinski definition) is 4. The Kier molecular flexibility index (Phi) is 14.3. The summed E-state index contributed by atoms with van der Waals surface area (Å²) in [6.45, 7) is 8.41. The van der Waals surface area contributed by atoms with Gasteiger partial charge in [-0.3, -0.25) is 0 Å². The van der Waals surface area contributed by atoms with E-state index in [1.807, 2.05) is 5.92 Å². The van der Waals surface area contributed by atoms with Gasteiger partial charge in [-0.2, -0.15) is 39.5 Å². The molecule has 4 aromatic rings. The number of ether oxygens (including phenoxy) is 2. The molecule has 0 fully saturated rings. The molecule has 0 atom stereocenters. The van der Waals surface area contributed by atoms with Crippen LogP contribution in [0.5, 0.6) is 0 Å². The van der Waals surface area contributed by atoms with Crippen molar-refractivity contribution in [2.75, 3.05) is 0 Å². The van der Waals surface area contributed by atoms with Crippen LogP contribution in [-0.4, -0.2) is 33.7 Å². The van der Waals surface area contributed by atoms with Gasteiger partial charge in [-0.15, -0.1) is 6.42 Å². The lowest BCUT2D eigenvalue weighted by molar-refractivity contribution is -0.143. The van der Waals surface area contributed by atoms with Crippen LogP contribution in [0.25, 0.3) is 28.7 Å². The number of benzene rings is 2. The maximum absolute atomic E-state index is 13.0. The first-order chi connectivity index (χ1) is 23.5. The smallest absolute Gasteiger partial charge is 0.416 e. The Morgan fingerprint density at radius 1 is 0.765 bits per heavy atom. The standard InChI is InChI=1S/C18H15F6NO2.C12H10F3N.C6H8O2/c1-11(2)27-16(26)5-7-25-6-3-4-15(25)12-8-13(17(19,20)21)10-14(9-12)18(22,23)24;1-8-5-9(11-3-2-4-16-11)7-10(6-8)12(13,14)15;1-4-6(7)8-5(2)3/h3-11H,1-2H3;2-7,16H,1H3;1,5H,2-3H3/b7-5-;;. The Hall–Kier alpha value is -5.39. The van der Waals surface area contributed by atoms with Crippen LogP contribution in [0.3, 0.4) is 0 Å². The zero-order valence-electron chi connectivity index (χ0n) is 27.8. The first kappa shape index (κ1) is 41.8. The molecule has 0 radical (unpaired) electrons. The molecule has 0 unspecified atom stereocenters. The molecule has 0 aliphatic heterocycles. The van der Waals surface area contributed by atoms with Gasteiger partial charge >= 0.3 is 30.5 Å². The number of nitrogens with one attached hydrogen (secondary N) is 1. The number of aromatic amines is 1. The molecule has 4 rings (SSSR count). The Morgan fingerprint density at radius 2 is 1.29 bits per heavy atom. The molecule has 2 heterocycles. The molecule has 2 aromatic heterocycles. The third kappa shape index (κ3) is 13.8. The number of carbonyl (C=O) groups excluding carboxylic acids is 2. The lowest BCUT2D eigenvalue weighted by atomic mass is 10.0. The Bertz CT molecular complexity index is 1790. The van der Waals surface area contributed by atoms with Crippen LogP contribution in [0.4, 0.5) is 39.5 Å². The van der Waals surface area contributed by atoms with E-state index in [4.69, 9.17) is 11.2 Å². The van der Waals surface area contributed by atoms with Crippen LogP contribution < -0.4 is 0 Å². The lowest BCUT2D eigenvalue weighted by Crippen LogP contribution is -2.11. The minimum atomic E-state index is -4.94. The number of aryl methyl sites for hydroxylation is 1. The van der Waals surface area contributed by atoms with Gasteiger partial charge in [0.05, 0.1) is 34.6 Å². The van der Waals surface area contributed by atoms with E-state index in [2.05, 4.69) is 9.72 Å². The van der Waals surface area contributed by atoms with E-state index < -0.39 is 47.2 Å². The molecule has 0 saturated heterocycles. The number of halogens is 9. The highest BCUT2D eigenvalue weighted by Gasteiger charge is 2.37. The van der Waals surface area contributed by atoms with Crippen LogP contribution in [0.15, 0.2) is 79.1 Å². The summed E-state index contributed by atoms with van der Waals surface area (Å²) < 4.78 is 126. The summed E-state index contributed by atoms with van der Waals surface area (Å²) in [5.74, 6) is 0.548. The second kappa shape index (κ2) is 17.5. The van der Waals surface area contributed by atoms with E-state index >= 15 is 0 Å². The molecule has 0 amide bonds. The summed E-state index contributed by atoms with van der Waals surface area (Å²) in [6.07, 6.45) is -4.66. The molecule has 6 nitrogen and oxygen atoms in total. The number of carbonyl (C=O) groups is 2. The summed E-state index contributed by atoms with van der Waals surface area (Å²) in [6, 6.07) is 11.6. The lowest BCUT2D eigenvalue weighted by Gasteiger charge is -2.15. The van der Waals surface area contributed by atoms with Gasteiger partial charge in [0.1, 0.15) is 0 Å². The Morgan fingerprint density at radius 3 is 1.75 bits per heavy atom. The number of hydrogen-bond donors (Lipinski definition) is 1. The van der Waals surface area contributed by atoms with Crippen LogP contribution >= 0.6 is 0 Å². The predicted octanol–water partition coefficient (Wildman–Crippen LogP) is 10.2. The molecule has 0 bridgehead atoms. The number of terminal acetylenes is 1. The molecule has 274 valence electrons. The number of aromatic nitrogens is 2. The minimum absolute atomic E-state index is 0.0557. The molecule has 2 aromatic carbocycles. The second-order valence-electron chi connectivity index (χ2n) is 11.2. The Labute approximate surface area is 287 Å². The number of rotatable bonds is 6. The SMILES string of the molecule is C#CC(=O)OC(C)C.CC(C)OC(=O)/C=C\n1cccc1-c1cc(C(F)(F)F)cc(C(F)(F)F)c1.Cc1cc(-c2ccc[nH]2)cc(C(F)(F)F)c1. The number of H-pyrrole nitrogens is 1. The van der Waals surface area contributed by atoms with Crippen LogP contribution in [-0.2, 0) is 37.6 Å². The van der Waals surface area contributed by atoms with Crippen LogP contribution in [0.1, 0.15) is 49.9 Å². The van der Waals surface area contributed by atoms with Crippen molar-refractivity contribution >= 4 is 18.1 Å². The zero-order chi connectivity index (χ0) is 38.7. The quantitative estimate of drug-likeness (QED) is 0.0706. The second-order valence-corrected chi connectivity index (χ2v) is 11.2. The summed E-state index contributed by atoms with van der Waals surface area (Å²) in [5.41, 5.74) is -1.83. The van der Waals surface area contributed by atoms with E-state index in [-0.39, 0.29) is 29.5 Å². The van der Waals surface area contributed by atoms with Gasteiger partial charge in [0.15, 0.2) is 0 Å². The number of esters is 2. The molecule has 0 aliphatic carbocycles. The topological polar surface area (TPSA) is 73.3 Å². The third-order valence-electron chi connectivity index (χ3n) is 6.16. The predicted molar refractivity (Wildman–Crippen MR) is 172 cm³/mol. The highest BCUT2D eigenvalue weighted by Crippen LogP contribution is 2.39. The fraction of sp³-hybridized carbons (Fsp3) is 0.278. The van der Waals surface area contributed by atoms with Gasteiger partial charge in [0.2, 0.25) is 0 Å². The zero-order valence-corrected chi connectivity index (χ0v) is 27.8. The fourth-order valence-electron chi connectivity index (χ4n) is 4.14. The average Bonchev–Trinajstić information content (AvgIpc) is 3.71. The van der Waals surface area contributed by atoms with Gasteiger partial charge in [-0.05, 0) is 112 Å². The van der Waals surface area contributed by atoms with Crippen molar-refractivity contribution in [3.63, 3.8) is 0 Å². The molecule has 0 aliphatic rings. The summed E-state index contributed by atoms with van der Waals surface area (Å²) in [4.78, 5) is 24.6.